The molecule has 19 heavy (non-hydrogen) atoms. The second kappa shape index (κ2) is 5.35. The molecule has 0 N–H and O–H groups in total. The minimum absolute atomic E-state index is 0.150. The summed E-state index contributed by atoms with van der Waals surface area (Å²) < 4.78 is 1.04. The Hall–Kier alpha value is -1.33. The summed E-state index contributed by atoms with van der Waals surface area (Å²) in [5.74, 6) is 0.644. The third-order valence-electron chi connectivity index (χ3n) is 2.95. The van der Waals surface area contributed by atoms with Gasteiger partial charge in [-0.05, 0) is 35.9 Å². The minimum Gasteiger partial charge on any atom is -0.306 e. The van der Waals surface area contributed by atoms with Crippen molar-refractivity contribution in [2.75, 3.05) is 10.7 Å². The number of thioether (sulfide) groups is 1. The molecule has 0 atom stereocenters. The molecule has 0 spiro atoms. The van der Waals surface area contributed by atoms with E-state index in [1.807, 2.05) is 29.2 Å². The van der Waals surface area contributed by atoms with Crippen LogP contribution in [0, 0.1) is 0 Å². The number of amides is 1. The maximum absolute atomic E-state index is 12.1. The number of carbonyl (C=O) groups is 1. The minimum atomic E-state index is 0.150. The summed E-state index contributed by atoms with van der Waals surface area (Å²) >= 11 is 5.06. The van der Waals surface area contributed by atoms with Gasteiger partial charge in [-0.2, -0.15) is 0 Å². The maximum Gasteiger partial charge on any atom is 0.237 e. The van der Waals surface area contributed by atoms with Crippen LogP contribution in [-0.4, -0.2) is 16.6 Å². The molecule has 2 heterocycles. The first-order valence-electron chi connectivity index (χ1n) is 5.85. The fourth-order valence-electron chi connectivity index (χ4n) is 2.02. The van der Waals surface area contributed by atoms with Gasteiger partial charge >= 0.3 is 0 Å². The molecule has 1 amide bonds. The molecule has 1 aliphatic heterocycles. The molecule has 96 valence electrons. The average molecular weight is 335 g/mol. The van der Waals surface area contributed by atoms with E-state index in [0.717, 1.165) is 20.6 Å². The highest BCUT2D eigenvalue weighted by Crippen LogP contribution is 2.37. The van der Waals surface area contributed by atoms with Gasteiger partial charge in [0, 0.05) is 21.8 Å². The zero-order valence-electron chi connectivity index (χ0n) is 10.0. The Morgan fingerprint density at radius 3 is 2.84 bits per heavy atom. The van der Waals surface area contributed by atoms with Crippen LogP contribution in [0.25, 0.3) is 0 Å². The van der Waals surface area contributed by atoms with Crippen molar-refractivity contribution in [3.8, 4) is 0 Å². The Bertz CT molecular complexity index is 618. The summed E-state index contributed by atoms with van der Waals surface area (Å²) in [6.07, 6.45) is 3.50. The van der Waals surface area contributed by atoms with Crippen LogP contribution in [0.5, 0.6) is 0 Å². The molecule has 0 aliphatic carbocycles. The standard InChI is InChI=1S/C14H11BrN2OS/c15-11-1-2-12-13(7-11)19-9-14(18)17(12)8-10-3-5-16-6-4-10/h1-7H,8-9H2. The lowest BCUT2D eigenvalue weighted by Crippen LogP contribution is -2.34. The van der Waals surface area contributed by atoms with Crippen LogP contribution in [0.15, 0.2) is 52.1 Å². The lowest BCUT2D eigenvalue weighted by atomic mass is 10.2. The summed E-state index contributed by atoms with van der Waals surface area (Å²) in [6.45, 7) is 0.594. The summed E-state index contributed by atoms with van der Waals surface area (Å²) in [5.41, 5.74) is 2.07. The van der Waals surface area contributed by atoms with Gasteiger partial charge in [0.15, 0.2) is 0 Å². The summed E-state index contributed by atoms with van der Waals surface area (Å²) in [4.78, 5) is 19.1. The first kappa shape index (κ1) is 12.7. The fourth-order valence-corrected chi connectivity index (χ4v) is 3.51. The van der Waals surface area contributed by atoms with E-state index < -0.39 is 0 Å². The summed E-state index contributed by atoms with van der Waals surface area (Å²) in [6, 6.07) is 9.90. The quantitative estimate of drug-likeness (QED) is 0.842. The van der Waals surface area contributed by atoms with Crippen LogP contribution in [0.3, 0.4) is 0 Å². The number of benzene rings is 1. The summed E-state index contributed by atoms with van der Waals surface area (Å²) in [7, 11) is 0. The number of carbonyl (C=O) groups excluding carboxylic acids is 1. The Labute approximate surface area is 124 Å². The monoisotopic (exact) mass is 334 g/mol. The molecule has 0 saturated heterocycles. The number of rotatable bonds is 2. The molecule has 1 aromatic heterocycles. The van der Waals surface area contributed by atoms with Gasteiger partial charge in [0.05, 0.1) is 18.0 Å². The van der Waals surface area contributed by atoms with E-state index in [-0.39, 0.29) is 5.91 Å². The Balaban J connectivity index is 1.95. The number of hydrogen-bond donors (Lipinski definition) is 0. The predicted molar refractivity (Wildman–Crippen MR) is 80.3 cm³/mol. The average Bonchev–Trinajstić information content (AvgIpc) is 2.43. The lowest BCUT2D eigenvalue weighted by Gasteiger charge is -2.29. The summed E-state index contributed by atoms with van der Waals surface area (Å²) in [5, 5.41) is 0. The SMILES string of the molecule is O=C1CSc2cc(Br)ccc2N1Cc1ccncc1. The van der Waals surface area contributed by atoms with Crippen LogP contribution in [0.4, 0.5) is 5.69 Å². The van der Waals surface area contributed by atoms with E-state index in [1.165, 1.54) is 0 Å². The zero-order valence-corrected chi connectivity index (χ0v) is 12.4. The molecule has 0 unspecified atom stereocenters. The Morgan fingerprint density at radius 2 is 2.05 bits per heavy atom. The van der Waals surface area contributed by atoms with Crippen molar-refractivity contribution < 1.29 is 4.79 Å². The number of aromatic nitrogens is 1. The van der Waals surface area contributed by atoms with Crippen LogP contribution >= 0.6 is 27.7 Å². The van der Waals surface area contributed by atoms with E-state index in [0.29, 0.717) is 12.3 Å². The smallest absolute Gasteiger partial charge is 0.237 e. The second-order valence-corrected chi connectivity index (χ2v) is 6.17. The van der Waals surface area contributed by atoms with Gasteiger partial charge in [0.2, 0.25) is 5.91 Å². The van der Waals surface area contributed by atoms with Crippen LogP contribution < -0.4 is 4.90 Å². The lowest BCUT2D eigenvalue weighted by molar-refractivity contribution is -0.116. The number of anilines is 1. The van der Waals surface area contributed by atoms with Gasteiger partial charge in [0.25, 0.3) is 0 Å². The van der Waals surface area contributed by atoms with Crippen molar-refractivity contribution in [1.29, 1.82) is 0 Å². The maximum atomic E-state index is 12.1. The van der Waals surface area contributed by atoms with Gasteiger partial charge in [-0.25, -0.2) is 0 Å². The fraction of sp³-hybridized carbons (Fsp3) is 0.143. The second-order valence-electron chi connectivity index (χ2n) is 4.24. The molecule has 0 fully saturated rings. The highest BCUT2D eigenvalue weighted by Gasteiger charge is 2.24. The van der Waals surface area contributed by atoms with Gasteiger partial charge in [-0.15, -0.1) is 11.8 Å². The van der Waals surface area contributed by atoms with Gasteiger partial charge in [0.1, 0.15) is 0 Å². The van der Waals surface area contributed by atoms with Crippen LogP contribution in [-0.2, 0) is 11.3 Å². The van der Waals surface area contributed by atoms with E-state index in [4.69, 9.17) is 0 Å². The van der Waals surface area contributed by atoms with Crippen molar-refractivity contribution >= 4 is 39.3 Å². The van der Waals surface area contributed by atoms with Gasteiger partial charge < -0.3 is 4.90 Å². The van der Waals surface area contributed by atoms with Gasteiger partial charge in [-0.1, -0.05) is 15.9 Å². The number of hydrogen-bond acceptors (Lipinski definition) is 3. The molecule has 0 bridgehead atoms. The zero-order chi connectivity index (χ0) is 13.2. The highest BCUT2D eigenvalue weighted by molar-refractivity contribution is 9.10. The topological polar surface area (TPSA) is 33.2 Å². The first-order chi connectivity index (χ1) is 9.24. The molecule has 3 nitrogen and oxygen atoms in total. The van der Waals surface area contributed by atoms with E-state index in [2.05, 4.69) is 27.0 Å². The van der Waals surface area contributed by atoms with E-state index in [9.17, 15) is 4.79 Å². The molecule has 5 heteroatoms. The molecule has 1 aromatic carbocycles. The normalized spacial score (nSPS) is 14.4. The Morgan fingerprint density at radius 1 is 1.26 bits per heavy atom. The molecular formula is C14H11BrN2OS. The third-order valence-corrected chi connectivity index (χ3v) is 4.48. The molecule has 3 rings (SSSR count). The molecule has 2 aromatic rings. The predicted octanol–water partition coefficient (Wildman–Crippen LogP) is 3.48. The molecular weight excluding hydrogens is 324 g/mol. The first-order valence-corrected chi connectivity index (χ1v) is 7.63. The number of fused-ring (bicyclic) bond motifs is 1. The van der Waals surface area contributed by atoms with Crippen molar-refractivity contribution in [1.82, 2.24) is 4.98 Å². The van der Waals surface area contributed by atoms with Gasteiger partial charge in [-0.3, -0.25) is 9.78 Å². The van der Waals surface area contributed by atoms with Crippen molar-refractivity contribution in [3.05, 3.63) is 52.8 Å². The molecule has 0 radical (unpaired) electrons. The van der Waals surface area contributed by atoms with E-state index >= 15 is 0 Å². The highest BCUT2D eigenvalue weighted by atomic mass is 79.9. The number of pyridine rings is 1. The Kier molecular flexibility index (Phi) is 3.57. The largest absolute Gasteiger partial charge is 0.306 e. The van der Waals surface area contributed by atoms with E-state index in [1.54, 1.807) is 24.2 Å². The number of halogens is 1. The number of nitrogens with zero attached hydrogens (tertiary/aromatic N) is 2. The van der Waals surface area contributed by atoms with Crippen molar-refractivity contribution in [2.45, 2.75) is 11.4 Å². The van der Waals surface area contributed by atoms with Crippen LogP contribution in [0.1, 0.15) is 5.56 Å². The molecule has 1 aliphatic rings. The van der Waals surface area contributed by atoms with Crippen molar-refractivity contribution in [2.24, 2.45) is 0 Å². The third kappa shape index (κ3) is 2.67. The van der Waals surface area contributed by atoms with Crippen molar-refractivity contribution in [3.63, 3.8) is 0 Å². The van der Waals surface area contributed by atoms with Crippen LogP contribution in [0.2, 0.25) is 0 Å². The molecule has 0 saturated carbocycles.